The van der Waals surface area contributed by atoms with Crippen LogP contribution in [0.3, 0.4) is 0 Å². The van der Waals surface area contributed by atoms with Gasteiger partial charge in [-0.15, -0.1) is 0 Å². The molecular formula is C14H20BrClO3Si. The normalized spacial score (nSPS) is 12.3. The fourth-order valence-corrected chi connectivity index (χ4v) is 3.34. The summed E-state index contributed by atoms with van der Waals surface area (Å²) in [6.07, 6.45) is 0. The largest absolute Gasteiger partial charge is 0.542 e. The second-order valence-corrected chi connectivity index (χ2v) is 11.9. The zero-order valence-corrected chi connectivity index (χ0v) is 15.7. The van der Waals surface area contributed by atoms with Crippen molar-refractivity contribution in [2.45, 2.75) is 44.2 Å². The summed E-state index contributed by atoms with van der Waals surface area (Å²) < 4.78 is 6.22. The minimum atomic E-state index is -2.08. The molecular weight excluding hydrogens is 360 g/mol. The highest BCUT2D eigenvalue weighted by molar-refractivity contribution is 9.08. The standard InChI is InChI=1S/C14H20BrClO3Si/c1-14(2,3)20(4,5)19-12-10(8-15)9(13(17)18)6-7-11(12)16/h6-7H,8H2,1-5H3,(H,17,18). The van der Waals surface area contributed by atoms with Gasteiger partial charge in [0.05, 0.1) is 10.6 Å². The van der Waals surface area contributed by atoms with Gasteiger partial charge >= 0.3 is 5.97 Å². The molecule has 0 atom stereocenters. The van der Waals surface area contributed by atoms with Crippen LogP contribution in [0.15, 0.2) is 12.1 Å². The first-order chi connectivity index (χ1) is 9.01. The van der Waals surface area contributed by atoms with Crippen LogP contribution in [0.25, 0.3) is 0 Å². The van der Waals surface area contributed by atoms with Crippen LogP contribution in [0.1, 0.15) is 36.7 Å². The number of halogens is 2. The Hall–Kier alpha value is -0.523. The van der Waals surface area contributed by atoms with Gasteiger partial charge in [-0.2, -0.15) is 0 Å². The third kappa shape index (κ3) is 3.57. The number of benzene rings is 1. The van der Waals surface area contributed by atoms with Gasteiger partial charge < -0.3 is 9.53 Å². The van der Waals surface area contributed by atoms with Crippen LogP contribution in [0, 0.1) is 0 Å². The molecule has 0 aliphatic heterocycles. The maximum absolute atomic E-state index is 11.3. The number of carboxylic acid groups (broad SMARTS) is 1. The zero-order chi connectivity index (χ0) is 15.7. The molecule has 112 valence electrons. The molecule has 0 fully saturated rings. The second-order valence-electron chi connectivity index (χ2n) is 6.20. The molecule has 0 amide bonds. The number of aromatic carboxylic acids is 1. The van der Waals surface area contributed by atoms with Crippen molar-refractivity contribution < 1.29 is 14.3 Å². The molecule has 6 heteroatoms. The van der Waals surface area contributed by atoms with Crippen LogP contribution in [0.4, 0.5) is 0 Å². The Labute approximate surface area is 134 Å². The molecule has 0 aliphatic carbocycles. The molecule has 1 rings (SSSR count). The first kappa shape index (κ1) is 17.5. The van der Waals surface area contributed by atoms with E-state index in [0.29, 0.717) is 21.7 Å². The van der Waals surface area contributed by atoms with Gasteiger partial charge in [0.15, 0.2) is 0 Å². The lowest BCUT2D eigenvalue weighted by Gasteiger charge is -2.37. The lowest BCUT2D eigenvalue weighted by Crippen LogP contribution is -2.44. The lowest BCUT2D eigenvalue weighted by atomic mass is 10.1. The molecule has 3 nitrogen and oxygen atoms in total. The minimum absolute atomic E-state index is 0.0130. The Kier molecular flexibility index (Phi) is 5.33. The first-order valence-electron chi connectivity index (χ1n) is 6.31. The summed E-state index contributed by atoms with van der Waals surface area (Å²) in [5, 5.41) is 10.1. The Morgan fingerprint density at radius 1 is 1.40 bits per heavy atom. The number of rotatable bonds is 4. The predicted octanol–water partition coefficient (Wildman–Crippen LogP) is 5.32. The second kappa shape index (κ2) is 6.08. The van der Waals surface area contributed by atoms with Crippen molar-refractivity contribution in [2.24, 2.45) is 0 Å². The summed E-state index contributed by atoms with van der Waals surface area (Å²) in [7, 11) is -2.08. The van der Waals surface area contributed by atoms with Crippen molar-refractivity contribution in [1.29, 1.82) is 0 Å². The number of hydrogen-bond acceptors (Lipinski definition) is 2. The number of alkyl halides is 1. The summed E-state index contributed by atoms with van der Waals surface area (Å²) in [5.74, 6) is -0.480. The average Bonchev–Trinajstić information content (AvgIpc) is 2.29. The van der Waals surface area contributed by atoms with E-state index in [1.165, 1.54) is 6.07 Å². The highest BCUT2D eigenvalue weighted by Gasteiger charge is 2.40. The van der Waals surface area contributed by atoms with Crippen molar-refractivity contribution in [3.8, 4) is 5.75 Å². The van der Waals surface area contributed by atoms with Gasteiger partial charge in [0.2, 0.25) is 0 Å². The topological polar surface area (TPSA) is 46.5 Å². The smallest absolute Gasteiger partial charge is 0.336 e. The zero-order valence-electron chi connectivity index (χ0n) is 12.4. The minimum Gasteiger partial charge on any atom is -0.542 e. The Bertz CT molecular complexity index is 524. The molecule has 1 aromatic rings. The van der Waals surface area contributed by atoms with E-state index in [1.54, 1.807) is 6.07 Å². The average molecular weight is 380 g/mol. The Morgan fingerprint density at radius 2 is 1.95 bits per heavy atom. The van der Waals surface area contributed by atoms with Gasteiger partial charge in [-0.05, 0) is 30.3 Å². The summed E-state index contributed by atoms with van der Waals surface area (Å²) in [5.41, 5.74) is 0.815. The van der Waals surface area contributed by atoms with Gasteiger partial charge in [-0.25, -0.2) is 4.79 Å². The van der Waals surface area contributed by atoms with E-state index in [0.717, 1.165) is 0 Å². The number of hydrogen-bond donors (Lipinski definition) is 1. The summed E-state index contributed by atoms with van der Waals surface area (Å²) in [6, 6.07) is 3.10. The van der Waals surface area contributed by atoms with Crippen LogP contribution in [-0.4, -0.2) is 19.4 Å². The van der Waals surface area contributed by atoms with Crippen LogP contribution in [0.2, 0.25) is 23.2 Å². The fourth-order valence-electron chi connectivity index (χ4n) is 1.45. The van der Waals surface area contributed by atoms with E-state index in [-0.39, 0.29) is 10.6 Å². The summed E-state index contributed by atoms with van der Waals surface area (Å²) in [6.45, 7) is 10.6. The van der Waals surface area contributed by atoms with Crippen molar-refractivity contribution in [2.75, 3.05) is 0 Å². The maximum atomic E-state index is 11.3. The van der Waals surface area contributed by atoms with Gasteiger partial charge in [-0.3, -0.25) is 0 Å². The molecule has 0 saturated heterocycles. The lowest BCUT2D eigenvalue weighted by molar-refractivity contribution is 0.0695. The van der Waals surface area contributed by atoms with Crippen LogP contribution in [0.5, 0.6) is 5.75 Å². The van der Waals surface area contributed by atoms with Gasteiger partial charge in [0, 0.05) is 10.9 Å². The summed E-state index contributed by atoms with van der Waals surface area (Å²) in [4.78, 5) is 11.3. The highest BCUT2D eigenvalue weighted by atomic mass is 79.9. The molecule has 1 N–H and O–H groups in total. The fraction of sp³-hybridized carbons (Fsp3) is 0.500. The molecule has 0 aliphatic rings. The van der Waals surface area contributed by atoms with Gasteiger partial charge in [-0.1, -0.05) is 48.3 Å². The first-order valence-corrected chi connectivity index (χ1v) is 10.7. The van der Waals surface area contributed by atoms with E-state index in [4.69, 9.17) is 16.0 Å². The van der Waals surface area contributed by atoms with Crippen LogP contribution in [-0.2, 0) is 5.33 Å². The van der Waals surface area contributed by atoms with Gasteiger partial charge in [0.25, 0.3) is 8.32 Å². The van der Waals surface area contributed by atoms with E-state index in [1.807, 2.05) is 0 Å². The monoisotopic (exact) mass is 378 g/mol. The van der Waals surface area contributed by atoms with Crippen LogP contribution >= 0.6 is 27.5 Å². The van der Waals surface area contributed by atoms with E-state index >= 15 is 0 Å². The van der Waals surface area contributed by atoms with Crippen LogP contribution < -0.4 is 4.43 Å². The number of carboxylic acids is 1. The molecule has 0 spiro atoms. The molecule has 0 saturated carbocycles. The molecule has 0 aromatic heterocycles. The molecule has 0 radical (unpaired) electrons. The third-order valence-electron chi connectivity index (χ3n) is 3.74. The van der Waals surface area contributed by atoms with E-state index in [2.05, 4.69) is 49.8 Å². The van der Waals surface area contributed by atoms with E-state index in [9.17, 15) is 9.90 Å². The Balaban J connectivity index is 3.38. The third-order valence-corrected chi connectivity index (χ3v) is 8.93. The quantitative estimate of drug-likeness (QED) is 0.569. The molecule has 0 bridgehead atoms. The van der Waals surface area contributed by atoms with Crippen molar-refractivity contribution in [3.63, 3.8) is 0 Å². The predicted molar refractivity (Wildman–Crippen MR) is 88.9 cm³/mol. The highest BCUT2D eigenvalue weighted by Crippen LogP contribution is 2.41. The SMILES string of the molecule is CC(C)(C)[Si](C)(C)Oc1c(Cl)ccc(C(=O)O)c1CBr. The molecule has 0 unspecified atom stereocenters. The maximum Gasteiger partial charge on any atom is 0.336 e. The Morgan fingerprint density at radius 3 is 2.35 bits per heavy atom. The number of carbonyl (C=O) groups is 1. The van der Waals surface area contributed by atoms with Crippen molar-refractivity contribution in [3.05, 3.63) is 28.3 Å². The van der Waals surface area contributed by atoms with Crippen molar-refractivity contribution in [1.82, 2.24) is 0 Å². The van der Waals surface area contributed by atoms with E-state index < -0.39 is 14.3 Å². The van der Waals surface area contributed by atoms with Crippen molar-refractivity contribution >= 4 is 41.8 Å². The summed E-state index contributed by atoms with van der Waals surface area (Å²) >= 11 is 9.56. The molecule has 1 aromatic carbocycles. The van der Waals surface area contributed by atoms with Gasteiger partial charge in [0.1, 0.15) is 5.75 Å². The molecule has 0 heterocycles. The molecule has 20 heavy (non-hydrogen) atoms.